The van der Waals surface area contributed by atoms with Gasteiger partial charge in [0.25, 0.3) is 6.01 Å². The maximum atomic E-state index is 5.54. The molecule has 0 aliphatic carbocycles. The third kappa shape index (κ3) is 4.69. The molecule has 0 radical (unpaired) electrons. The van der Waals surface area contributed by atoms with E-state index >= 15 is 0 Å². The molecule has 0 amide bonds. The summed E-state index contributed by atoms with van der Waals surface area (Å²) in [7, 11) is 2.04. The van der Waals surface area contributed by atoms with Gasteiger partial charge in [-0.25, -0.2) is 0 Å². The van der Waals surface area contributed by atoms with Crippen molar-refractivity contribution in [1.82, 2.24) is 10.3 Å². The topological polar surface area (TPSA) is 41.3 Å². The van der Waals surface area contributed by atoms with E-state index in [0.29, 0.717) is 24.0 Å². The van der Waals surface area contributed by atoms with Crippen LogP contribution in [0.1, 0.15) is 46.7 Å². The number of anilines is 1. The molecule has 1 unspecified atom stereocenters. The molecule has 1 aromatic heterocycles. The van der Waals surface area contributed by atoms with Gasteiger partial charge in [-0.05, 0) is 19.3 Å². The van der Waals surface area contributed by atoms with Gasteiger partial charge in [-0.15, -0.1) is 0 Å². The van der Waals surface area contributed by atoms with Crippen LogP contribution in [-0.4, -0.2) is 24.1 Å². The van der Waals surface area contributed by atoms with Crippen LogP contribution in [0.5, 0.6) is 0 Å². The standard InChI is InChI=1S/C14H27N3O/c1-10(2)7-12(5)17(6)14-16-13(9-18-14)8-15-11(3)4/h9-12,15H,7-8H2,1-6H3. The third-order valence-corrected chi connectivity index (χ3v) is 3.01. The van der Waals surface area contributed by atoms with Crippen molar-refractivity contribution in [2.75, 3.05) is 11.9 Å². The molecule has 0 aromatic carbocycles. The Morgan fingerprint density at radius 2 is 1.94 bits per heavy atom. The molecule has 1 atom stereocenters. The van der Waals surface area contributed by atoms with Crippen molar-refractivity contribution in [2.45, 2.75) is 59.7 Å². The Morgan fingerprint density at radius 3 is 2.50 bits per heavy atom. The number of hydrogen-bond acceptors (Lipinski definition) is 4. The molecule has 4 heteroatoms. The Morgan fingerprint density at radius 1 is 1.28 bits per heavy atom. The SMILES string of the molecule is CC(C)CC(C)N(C)c1nc(CNC(C)C)co1. The summed E-state index contributed by atoms with van der Waals surface area (Å²) in [5.41, 5.74) is 0.960. The minimum absolute atomic E-state index is 0.439. The van der Waals surface area contributed by atoms with Gasteiger partial charge in [0.2, 0.25) is 0 Å². The lowest BCUT2D eigenvalue weighted by Gasteiger charge is -2.24. The second kappa shape index (κ2) is 6.78. The van der Waals surface area contributed by atoms with Crippen LogP contribution in [0.2, 0.25) is 0 Å². The van der Waals surface area contributed by atoms with E-state index in [4.69, 9.17) is 4.42 Å². The summed E-state index contributed by atoms with van der Waals surface area (Å²) in [6.45, 7) is 11.7. The van der Waals surface area contributed by atoms with E-state index in [1.165, 1.54) is 0 Å². The smallest absolute Gasteiger partial charge is 0.297 e. The zero-order valence-corrected chi connectivity index (χ0v) is 12.5. The molecule has 0 spiro atoms. The minimum Gasteiger partial charge on any atom is -0.432 e. The summed E-state index contributed by atoms with van der Waals surface area (Å²) in [6, 6.07) is 1.61. The fourth-order valence-corrected chi connectivity index (χ4v) is 1.88. The van der Waals surface area contributed by atoms with Gasteiger partial charge < -0.3 is 14.6 Å². The maximum Gasteiger partial charge on any atom is 0.297 e. The maximum absolute atomic E-state index is 5.54. The number of hydrogen-bond donors (Lipinski definition) is 1. The summed E-state index contributed by atoms with van der Waals surface area (Å²) in [4.78, 5) is 6.62. The second-order valence-electron chi connectivity index (χ2n) is 5.75. The van der Waals surface area contributed by atoms with Gasteiger partial charge in [0.15, 0.2) is 0 Å². The van der Waals surface area contributed by atoms with E-state index in [1.54, 1.807) is 6.26 Å². The van der Waals surface area contributed by atoms with Crippen molar-refractivity contribution in [2.24, 2.45) is 5.92 Å². The Hall–Kier alpha value is -1.03. The quantitative estimate of drug-likeness (QED) is 0.811. The molecule has 0 saturated heterocycles. The molecular formula is C14H27N3O. The van der Waals surface area contributed by atoms with E-state index in [-0.39, 0.29) is 0 Å². The monoisotopic (exact) mass is 253 g/mol. The second-order valence-corrected chi connectivity index (χ2v) is 5.75. The number of nitrogens with zero attached hydrogens (tertiary/aromatic N) is 2. The van der Waals surface area contributed by atoms with E-state index in [2.05, 4.69) is 49.8 Å². The molecule has 1 N–H and O–H groups in total. The number of oxazole rings is 1. The first-order valence-electron chi connectivity index (χ1n) is 6.80. The number of nitrogens with one attached hydrogen (secondary N) is 1. The molecule has 0 saturated carbocycles. The highest BCUT2D eigenvalue weighted by atomic mass is 16.4. The van der Waals surface area contributed by atoms with Crippen molar-refractivity contribution >= 4 is 6.01 Å². The van der Waals surface area contributed by atoms with Crippen LogP contribution in [0.4, 0.5) is 6.01 Å². The summed E-state index contributed by atoms with van der Waals surface area (Å²) < 4.78 is 5.54. The zero-order valence-electron chi connectivity index (χ0n) is 12.5. The van der Waals surface area contributed by atoms with Crippen LogP contribution in [0.15, 0.2) is 10.7 Å². The van der Waals surface area contributed by atoms with E-state index in [9.17, 15) is 0 Å². The van der Waals surface area contributed by atoms with Crippen LogP contribution in [0, 0.1) is 5.92 Å². The molecule has 18 heavy (non-hydrogen) atoms. The fraction of sp³-hybridized carbons (Fsp3) is 0.786. The molecule has 0 aliphatic heterocycles. The number of aromatic nitrogens is 1. The molecule has 0 aliphatic rings. The van der Waals surface area contributed by atoms with Gasteiger partial charge in [0.05, 0.1) is 5.69 Å². The lowest BCUT2D eigenvalue weighted by Crippen LogP contribution is -2.30. The molecule has 1 rings (SSSR count). The summed E-state index contributed by atoms with van der Waals surface area (Å²) in [5.74, 6) is 0.680. The average molecular weight is 253 g/mol. The first kappa shape index (κ1) is 15.0. The predicted molar refractivity (Wildman–Crippen MR) is 75.8 cm³/mol. The third-order valence-electron chi connectivity index (χ3n) is 3.01. The first-order chi connectivity index (χ1) is 8.40. The molecule has 0 bridgehead atoms. The fourth-order valence-electron chi connectivity index (χ4n) is 1.88. The zero-order chi connectivity index (χ0) is 13.7. The largest absolute Gasteiger partial charge is 0.432 e. The molecular weight excluding hydrogens is 226 g/mol. The molecule has 0 fully saturated rings. The van der Waals surface area contributed by atoms with Gasteiger partial charge in [-0.2, -0.15) is 4.98 Å². The lowest BCUT2D eigenvalue weighted by molar-refractivity contribution is 0.465. The van der Waals surface area contributed by atoms with Crippen LogP contribution in [0.25, 0.3) is 0 Å². The Kier molecular flexibility index (Phi) is 5.66. The van der Waals surface area contributed by atoms with Crippen molar-refractivity contribution in [3.8, 4) is 0 Å². The van der Waals surface area contributed by atoms with Crippen molar-refractivity contribution < 1.29 is 4.42 Å². The molecule has 4 nitrogen and oxygen atoms in total. The normalized spacial score (nSPS) is 13.3. The van der Waals surface area contributed by atoms with Crippen molar-refractivity contribution in [3.63, 3.8) is 0 Å². The highest BCUT2D eigenvalue weighted by Crippen LogP contribution is 2.18. The van der Waals surface area contributed by atoms with E-state index in [0.717, 1.165) is 18.7 Å². The number of rotatable bonds is 7. The Bertz CT molecular complexity index is 347. The Labute approximate surface area is 111 Å². The summed E-state index contributed by atoms with van der Waals surface area (Å²) >= 11 is 0. The predicted octanol–water partition coefficient (Wildman–Crippen LogP) is 3.04. The summed E-state index contributed by atoms with van der Waals surface area (Å²) in [5, 5.41) is 3.33. The van der Waals surface area contributed by atoms with E-state index < -0.39 is 0 Å². The summed E-state index contributed by atoms with van der Waals surface area (Å²) in [6.07, 6.45) is 2.88. The molecule has 1 aromatic rings. The Balaban J connectivity index is 2.56. The van der Waals surface area contributed by atoms with Gasteiger partial charge in [0, 0.05) is 25.7 Å². The molecule has 104 valence electrons. The highest BCUT2D eigenvalue weighted by molar-refractivity contribution is 5.27. The van der Waals surface area contributed by atoms with Gasteiger partial charge in [-0.1, -0.05) is 27.7 Å². The average Bonchev–Trinajstić information content (AvgIpc) is 2.72. The van der Waals surface area contributed by atoms with Gasteiger partial charge >= 0.3 is 0 Å². The van der Waals surface area contributed by atoms with Gasteiger partial charge in [-0.3, -0.25) is 0 Å². The van der Waals surface area contributed by atoms with Crippen molar-refractivity contribution in [3.05, 3.63) is 12.0 Å². The van der Waals surface area contributed by atoms with Crippen molar-refractivity contribution in [1.29, 1.82) is 0 Å². The van der Waals surface area contributed by atoms with Crippen LogP contribution in [0.3, 0.4) is 0 Å². The minimum atomic E-state index is 0.439. The highest BCUT2D eigenvalue weighted by Gasteiger charge is 2.16. The lowest BCUT2D eigenvalue weighted by atomic mass is 10.0. The van der Waals surface area contributed by atoms with Crippen LogP contribution in [-0.2, 0) is 6.54 Å². The van der Waals surface area contributed by atoms with Gasteiger partial charge in [0.1, 0.15) is 6.26 Å². The molecule has 1 heterocycles. The van der Waals surface area contributed by atoms with Crippen LogP contribution >= 0.6 is 0 Å². The van der Waals surface area contributed by atoms with Crippen LogP contribution < -0.4 is 10.2 Å². The first-order valence-corrected chi connectivity index (χ1v) is 6.80. The van der Waals surface area contributed by atoms with E-state index in [1.807, 2.05) is 7.05 Å².